The summed E-state index contributed by atoms with van der Waals surface area (Å²) in [5.41, 5.74) is 0.956. The lowest BCUT2D eigenvalue weighted by molar-refractivity contribution is -0.116. The highest BCUT2D eigenvalue weighted by molar-refractivity contribution is 7.19. The molecule has 4 nitrogen and oxygen atoms in total. The Balaban J connectivity index is 1.54. The second kappa shape index (κ2) is 7.03. The fourth-order valence-electron chi connectivity index (χ4n) is 2.83. The van der Waals surface area contributed by atoms with Crippen molar-refractivity contribution in [2.75, 3.05) is 6.54 Å². The summed E-state index contributed by atoms with van der Waals surface area (Å²) in [5, 5.41) is 13.6. The topological polar surface area (TPSA) is 62.2 Å². The summed E-state index contributed by atoms with van der Waals surface area (Å²) in [5.74, 6) is 0.0607. The summed E-state index contributed by atoms with van der Waals surface area (Å²) in [6.45, 7) is 0.546. The standard InChI is InChI=1S/C17H20N2O2S/c20-14-7-3-1-5-12(14)11-18-16(21)9-10-17-19-13-6-2-4-8-15(13)22-17/h2,4,6,8-10,12,14,20H,1,3,5,7,11H2,(H,18,21)/b10-9+/t12-,14+/m0/s1. The Morgan fingerprint density at radius 1 is 1.36 bits per heavy atom. The molecule has 2 atom stereocenters. The van der Waals surface area contributed by atoms with Crippen LogP contribution in [0.25, 0.3) is 16.3 Å². The average Bonchev–Trinajstić information content (AvgIpc) is 2.95. The molecule has 0 bridgehead atoms. The van der Waals surface area contributed by atoms with Gasteiger partial charge in [0.25, 0.3) is 0 Å². The number of benzene rings is 1. The van der Waals surface area contributed by atoms with Crippen molar-refractivity contribution in [3.8, 4) is 0 Å². The first-order chi connectivity index (χ1) is 10.7. The normalized spacial score (nSPS) is 22.2. The Kier molecular flexibility index (Phi) is 4.85. The number of fused-ring (bicyclic) bond motifs is 1. The first kappa shape index (κ1) is 15.2. The quantitative estimate of drug-likeness (QED) is 0.853. The van der Waals surface area contributed by atoms with E-state index in [1.54, 1.807) is 17.4 Å². The molecule has 1 amide bonds. The number of aliphatic hydroxyl groups is 1. The second-order valence-corrected chi connectivity index (χ2v) is 6.77. The predicted octanol–water partition coefficient (Wildman–Crippen LogP) is 2.98. The number of hydrogen-bond acceptors (Lipinski definition) is 4. The van der Waals surface area contributed by atoms with Gasteiger partial charge in [-0.05, 0) is 31.1 Å². The highest BCUT2D eigenvalue weighted by atomic mass is 32.1. The van der Waals surface area contributed by atoms with Crippen LogP contribution in [0.3, 0.4) is 0 Å². The summed E-state index contributed by atoms with van der Waals surface area (Å²) < 4.78 is 1.12. The fraction of sp³-hybridized carbons (Fsp3) is 0.412. The van der Waals surface area contributed by atoms with Gasteiger partial charge in [0, 0.05) is 18.5 Å². The van der Waals surface area contributed by atoms with Gasteiger partial charge in [-0.15, -0.1) is 11.3 Å². The summed E-state index contributed by atoms with van der Waals surface area (Å²) in [6, 6.07) is 7.93. The highest BCUT2D eigenvalue weighted by Crippen LogP contribution is 2.24. The van der Waals surface area contributed by atoms with E-state index >= 15 is 0 Å². The Morgan fingerprint density at radius 2 is 2.18 bits per heavy atom. The number of thiazole rings is 1. The van der Waals surface area contributed by atoms with E-state index in [1.165, 1.54) is 6.08 Å². The number of aliphatic hydroxyl groups excluding tert-OH is 1. The summed E-state index contributed by atoms with van der Waals surface area (Å²) >= 11 is 1.57. The summed E-state index contributed by atoms with van der Waals surface area (Å²) in [6.07, 6.45) is 7.06. The van der Waals surface area contributed by atoms with Gasteiger partial charge in [0.1, 0.15) is 5.01 Å². The molecule has 3 rings (SSSR count). The number of hydrogen-bond donors (Lipinski definition) is 2. The third-order valence-electron chi connectivity index (χ3n) is 4.10. The van der Waals surface area contributed by atoms with E-state index in [4.69, 9.17) is 0 Å². The van der Waals surface area contributed by atoms with E-state index in [1.807, 2.05) is 24.3 Å². The highest BCUT2D eigenvalue weighted by Gasteiger charge is 2.22. The van der Waals surface area contributed by atoms with Crippen LogP contribution in [0.5, 0.6) is 0 Å². The smallest absolute Gasteiger partial charge is 0.244 e. The lowest BCUT2D eigenvalue weighted by Crippen LogP contribution is -2.36. The number of carbonyl (C=O) groups is 1. The Bertz CT molecular complexity index is 647. The zero-order valence-electron chi connectivity index (χ0n) is 12.4. The molecule has 0 saturated heterocycles. The van der Waals surface area contributed by atoms with Gasteiger partial charge < -0.3 is 10.4 Å². The van der Waals surface area contributed by atoms with Crippen LogP contribution in [-0.4, -0.2) is 28.6 Å². The van der Waals surface area contributed by atoms with Gasteiger partial charge in [0.2, 0.25) is 5.91 Å². The minimum Gasteiger partial charge on any atom is -0.393 e. The molecule has 2 aromatic rings. The Morgan fingerprint density at radius 3 is 3.00 bits per heavy atom. The van der Waals surface area contributed by atoms with E-state index in [-0.39, 0.29) is 17.9 Å². The molecule has 116 valence electrons. The number of aromatic nitrogens is 1. The molecule has 0 radical (unpaired) electrons. The first-order valence-corrected chi connectivity index (χ1v) is 8.53. The van der Waals surface area contributed by atoms with E-state index in [9.17, 15) is 9.90 Å². The van der Waals surface area contributed by atoms with Crippen molar-refractivity contribution >= 4 is 33.5 Å². The van der Waals surface area contributed by atoms with Crippen molar-refractivity contribution in [1.29, 1.82) is 0 Å². The van der Waals surface area contributed by atoms with Crippen LogP contribution in [0.2, 0.25) is 0 Å². The van der Waals surface area contributed by atoms with Crippen LogP contribution in [0, 0.1) is 5.92 Å². The molecule has 1 aromatic heterocycles. The largest absolute Gasteiger partial charge is 0.393 e. The van der Waals surface area contributed by atoms with E-state index in [0.717, 1.165) is 40.9 Å². The van der Waals surface area contributed by atoms with Crippen molar-refractivity contribution in [1.82, 2.24) is 10.3 Å². The number of nitrogens with one attached hydrogen (secondary N) is 1. The number of amides is 1. The first-order valence-electron chi connectivity index (χ1n) is 7.72. The van der Waals surface area contributed by atoms with Crippen molar-refractivity contribution in [3.05, 3.63) is 35.3 Å². The Labute approximate surface area is 133 Å². The van der Waals surface area contributed by atoms with E-state index < -0.39 is 0 Å². The maximum Gasteiger partial charge on any atom is 0.244 e. The molecule has 1 saturated carbocycles. The molecule has 1 aromatic carbocycles. The lowest BCUT2D eigenvalue weighted by Gasteiger charge is -2.27. The van der Waals surface area contributed by atoms with Crippen molar-refractivity contribution < 1.29 is 9.90 Å². The van der Waals surface area contributed by atoms with Crippen LogP contribution in [-0.2, 0) is 4.79 Å². The molecule has 5 heteroatoms. The fourth-order valence-corrected chi connectivity index (χ4v) is 3.70. The number of nitrogens with zero attached hydrogens (tertiary/aromatic N) is 1. The molecule has 1 fully saturated rings. The monoisotopic (exact) mass is 316 g/mol. The minimum atomic E-state index is -0.276. The maximum absolute atomic E-state index is 11.9. The summed E-state index contributed by atoms with van der Waals surface area (Å²) in [7, 11) is 0. The second-order valence-electron chi connectivity index (χ2n) is 5.71. The maximum atomic E-state index is 11.9. The SMILES string of the molecule is O=C(/C=C/c1nc2ccccc2s1)NC[C@@H]1CCCC[C@H]1O. The van der Waals surface area contributed by atoms with Gasteiger partial charge >= 0.3 is 0 Å². The van der Waals surface area contributed by atoms with Gasteiger partial charge in [-0.2, -0.15) is 0 Å². The van der Waals surface area contributed by atoms with Crippen molar-refractivity contribution in [3.63, 3.8) is 0 Å². The molecule has 1 heterocycles. The molecular weight excluding hydrogens is 296 g/mol. The molecule has 1 aliphatic rings. The van der Waals surface area contributed by atoms with Crippen LogP contribution in [0.15, 0.2) is 30.3 Å². The Hall–Kier alpha value is -1.72. The molecule has 1 aliphatic carbocycles. The van der Waals surface area contributed by atoms with Crippen LogP contribution >= 0.6 is 11.3 Å². The zero-order valence-corrected chi connectivity index (χ0v) is 13.2. The molecule has 0 aliphatic heterocycles. The minimum absolute atomic E-state index is 0.128. The van der Waals surface area contributed by atoms with Gasteiger partial charge in [0.05, 0.1) is 16.3 Å². The third-order valence-corrected chi connectivity index (χ3v) is 5.10. The number of para-hydroxylation sites is 1. The van der Waals surface area contributed by atoms with Crippen LogP contribution in [0.4, 0.5) is 0 Å². The molecule has 2 N–H and O–H groups in total. The molecule has 0 spiro atoms. The van der Waals surface area contributed by atoms with Crippen LogP contribution in [0.1, 0.15) is 30.7 Å². The van der Waals surface area contributed by atoms with Crippen molar-refractivity contribution in [2.24, 2.45) is 5.92 Å². The van der Waals surface area contributed by atoms with Gasteiger partial charge in [-0.25, -0.2) is 4.98 Å². The van der Waals surface area contributed by atoms with Crippen LogP contribution < -0.4 is 5.32 Å². The van der Waals surface area contributed by atoms with Gasteiger partial charge in [-0.1, -0.05) is 25.0 Å². The lowest BCUT2D eigenvalue weighted by atomic mass is 9.86. The van der Waals surface area contributed by atoms with E-state index in [0.29, 0.717) is 6.54 Å². The molecular formula is C17H20N2O2S. The average molecular weight is 316 g/mol. The van der Waals surface area contributed by atoms with Gasteiger partial charge in [-0.3, -0.25) is 4.79 Å². The predicted molar refractivity (Wildman–Crippen MR) is 89.6 cm³/mol. The number of rotatable bonds is 4. The van der Waals surface area contributed by atoms with E-state index in [2.05, 4.69) is 10.3 Å². The molecule has 22 heavy (non-hydrogen) atoms. The summed E-state index contributed by atoms with van der Waals surface area (Å²) in [4.78, 5) is 16.3. The van der Waals surface area contributed by atoms with Crippen molar-refractivity contribution in [2.45, 2.75) is 31.8 Å². The number of carbonyl (C=O) groups excluding carboxylic acids is 1. The zero-order chi connectivity index (χ0) is 15.4. The van der Waals surface area contributed by atoms with Gasteiger partial charge in [0.15, 0.2) is 0 Å². The molecule has 0 unspecified atom stereocenters. The third kappa shape index (κ3) is 3.72.